The summed E-state index contributed by atoms with van der Waals surface area (Å²) in [6.45, 7) is 0.696. The number of carboxylic acid groups (broad SMARTS) is 2. The molecule has 1 fully saturated rings. The molecule has 13 heteroatoms. The molecule has 1 aliphatic heterocycles. The van der Waals surface area contributed by atoms with Gasteiger partial charge in [-0.05, 0) is 24.9 Å². The fraction of sp³-hybridized carbons (Fsp3) is 0.417. The molecular weight excluding hydrogens is 484 g/mol. The summed E-state index contributed by atoms with van der Waals surface area (Å²) in [5.41, 5.74) is 1.26. The van der Waals surface area contributed by atoms with Crippen LogP contribution in [-0.4, -0.2) is 80.6 Å². The Balaban J connectivity index is 1.79. The number of H-pyrrole nitrogens is 1. The van der Waals surface area contributed by atoms with Crippen molar-refractivity contribution in [3.8, 4) is 0 Å². The number of imidazole rings is 1. The van der Waals surface area contributed by atoms with Crippen LogP contribution in [0.4, 0.5) is 0 Å². The van der Waals surface area contributed by atoms with Crippen LogP contribution in [0.5, 0.6) is 0 Å². The molecule has 4 unspecified atom stereocenters. The number of aliphatic carboxylic acids is 2. The lowest BCUT2D eigenvalue weighted by atomic mass is 10.0. The quantitative estimate of drug-likeness (QED) is 0.174. The van der Waals surface area contributed by atoms with Crippen molar-refractivity contribution < 1.29 is 34.2 Å². The number of carbonyl (C=O) groups is 5. The first-order valence-corrected chi connectivity index (χ1v) is 11.8. The lowest BCUT2D eigenvalue weighted by molar-refractivity contribution is -0.147. The van der Waals surface area contributed by atoms with Crippen molar-refractivity contribution in [2.45, 2.75) is 56.3 Å². The van der Waals surface area contributed by atoms with Gasteiger partial charge in [0.05, 0.1) is 18.8 Å². The highest BCUT2D eigenvalue weighted by Crippen LogP contribution is 2.09. The van der Waals surface area contributed by atoms with Crippen LogP contribution in [-0.2, 0) is 36.8 Å². The van der Waals surface area contributed by atoms with E-state index in [1.54, 1.807) is 24.3 Å². The summed E-state index contributed by atoms with van der Waals surface area (Å²) in [5.74, 6) is -4.82. The molecule has 3 amide bonds. The van der Waals surface area contributed by atoms with Gasteiger partial charge in [0, 0.05) is 24.7 Å². The number of rotatable bonds is 13. The van der Waals surface area contributed by atoms with Crippen molar-refractivity contribution in [2.75, 3.05) is 6.54 Å². The summed E-state index contributed by atoms with van der Waals surface area (Å²) in [5, 5.41) is 28.9. The van der Waals surface area contributed by atoms with Gasteiger partial charge in [-0.3, -0.25) is 19.2 Å². The Hall–Kier alpha value is -4.26. The molecule has 1 aromatic carbocycles. The number of hydrogen-bond acceptors (Lipinski definition) is 7. The van der Waals surface area contributed by atoms with Gasteiger partial charge in [-0.1, -0.05) is 30.3 Å². The third-order valence-electron chi connectivity index (χ3n) is 5.90. The third kappa shape index (κ3) is 8.42. The normalized spacial score (nSPS) is 17.2. The molecule has 13 nitrogen and oxygen atoms in total. The van der Waals surface area contributed by atoms with Crippen LogP contribution in [0.1, 0.15) is 30.5 Å². The van der Waals surface area contributed by atoms with Crippen molar-refractivity contribution in [3.63, 3.8) is 0 Å². The lowest BCUT2D eigenvalue weighted by Crippen LogP contribution is -2.58. The smallest absolute Gasteiger partial charge is 0.326 e. The SMILES string of the molecule is O=C(O)CC(NC(=O)C(Cc1cnc[nH]1)NC(=O)C(Cc1ccccc1)NC(=O)C1CCCN1)C(=O)O. The van der Waals surface area contributed by atoms with Gasteiger partial charge in [0.2, 0.25) is 17.7 Å². The molecule has 0 saturated carbocycles. The molecule has 0 radical (unpaired) electrons. The number of carbonyl (C=O) groups excluding carboxylic acids is 3. The third-order valence-corrected chi connectivity index (χ3v) is 5.90. The first kappa shape index (κ1) is 27.3. The number of carboxylic acids is 2. The van der Waals surface area contributed by atoms with Gasteiger partial charge in [0.1, 0.15) is 18.1 Å². The standard InChI is InChI=1S/C24H30N6O7/c31-20(32)11-19(24(36)37)30-23(35)18(10-15-12-25-13-27-15)29-22(34)17(9-14-5-2-1-3-6-14)28-21(33)16-7-4-8-26-16/h1-3,5-6,12-13,16-19,26H,4,7-11H2,(H,25,27)(H,28,33)(H,29,34)(H,30,35)(H,31,32)(H,36,37). The number of aromatic nitrogens is 2. The summed E-state index contributed by atoms with van der Waals surface area (Å²) in [4.78, 5) is 68.3. The van der Waals surface area contributed by atoms with E-state index in [9.17, 15) is 29.1 Å². The molecule has 0 spiro atoms. The van der Waals surface area contributed by atoms with E-state index in [1.807, 2.05) is 6.07 Å². The molecule has 1 saturated heterocycles. The Morgan fingerprint density at radius 2 is 1.62 bits per heavy atom. The number of nitrogens with zero attached hydrogens (tertiary/aromatic N) is 1. The Labute approximate surface area is 212 Å². The van der Waals surface area contributed by atoms with Gasteiger partial charge in [-0.25, -0.2) is 9.78 Å². The summed E-state index contributed by atoms with van der Waals surface area (Å²) >= 11 is 0. The largest absolute Gasteiger partial charge is 0.481 e. The maximum absolute atomic E-state index is 13.4. The van der Waals surface area contributed by atoms with Crippen molar-refractivity contribution in [3.05, 3.63) is 54.1 Å². The summed E-state index contributed by atoms with van der Waals surface area (Å²) in [6.07, 6.45) is 3.52. The van der Waals surface area contributed by atoms with E-state index in [4.69, 9.17) is 5.11 Å². The van der Waals surface area contributed by atoms with Crippen molar-refractivity contribution in [1.29, 1.82) is 0 Å². The first-order chi connectivity index (χ1) is 17.7. The average molecular weight is 515 g/mol. The fourth-order valence-corrected chi connectivity index (χ4v) is 3.98. The van der Waals surface area contributed by atoms with Crippen LogP contribution in [0.25, 0.3) is 0 Å². The van der Waals surface area contributed by atoms with E-state index in [0.29, 0.717) is 18.7 Å². The summed E-state index contributed by atoms with van der Waals surface area (Å²) in [6, 6.07) is 4.60. The molecule has 0 bridgehead atoms. The Morgan fingerprint density at radius 1 is 0.946 bits per heavy atom. The minimum atomic E-state index is -1.69. The second kappa shape index (κ2) is 13.2. The predicted molar refractivity (Wildman–Crippen MR) is 129 cm³/mol. The molecule has 7 N–H and O–H groups in total. The number of nitrogens with one attached hydrogen (secondary N) is 5. The number of aromatic amines is 1. The van der Waals surface area contributed by atoms with E-state index in [2.05, 4.69) is 31.2 Å². The first-order valence-electron chi connectivity index (χ1n) is 11.8. The highest BCUT2D eigenvalue weighted by Gasteiger charge is 2.32. The molecule has 0 aliphatic carbocycles. The zero-order valence-electron chi connectivity index (χ0n) is 20.0. The Morgan fingerprint density at radius 3 is 2.19 bits per heavy atom. The molecular formula is C24H30N6O7. The number of benzene rings is 1. The monoisotopic (exact) mass is 514 g/mol. The lowest BCUT2D eigenvalue weighted by Gasteiger charge is -2.25. The second-order valence-electron chi connectivity index (χ2n) is 8.74. The Bertz CT molecular complexity index is 1090. The van der Waals surface area contributed by atoms with Crippen molar-refractivity contribution in [1.82, 2.24) is 31.2 Å². The van der Waals surface area contributed by atoms with E-state index < -0.39 is 54.3 Å². The van der Waals surface area contributed by atoms with Crippen LogP contribution in [0.15, 0.2) is 42.9 Å². The molecule has 198 valence electrons. The summed E-state index contributed by atoms with van der Waals surface area (Å²) in [7, 11) is 0. The molecule has 2 aromatic rings. The van der Waals surface area contributed by atoms with Crippen LogP contribution >= 0.6 is 0 Å². The van der Waals surface area contributed by atoms with Gasteiger partial charge in [-0.2, -0.15) is 0 Å². The van der Waals surface area contributed by atoms with Gasteiger partial charge in [0.15, 0.2) is 0 Å². The van der Waals surface area contributed by atoms with Crippen LogP contribution < -0.4 is 21.3 Å². The van der Waals surface area contributed by atoms with Gasteiger partial charge < -0.3 is 36.5 Å². The van der Waals surface area contributed by atoms with Gasteiger partial charge in [-0.15, -0.1) is 0 Å². The maximum Gasteiger partial charge on any atom is 0.326 e. The highest BCUT2D eigenvalue weighted by atomic mass is 16.4. The highest BCUT2D eigenvalue weighted by molar-refractivity contribution is 5.95. The fourth-order valence-electron chi connectivity index (χ4n) is 3.98. The molecule has 3 rings (SSSR count). The minimum absolute atomic E-state index is 0.0762. The number of hydrogen-bond donors (Lipinski definition) is 7. The van der Waals surface area contributed by atoms with E-state index in [0.717, 1.165) is 12.0 Å². The molecule has 1 aliphatic rings. The number of amides is 3. The second-order valence-corrected chi connectivity index (χ2v) is 8.74. The molecule has 1 aromatic heterocycles. The predicted octanol–water partition coefficient (Wildman–Crippen LogP) is -1.04. The average Bonchev–Trinajstić information content (AvgIpc) is 3.57. The van der Waals surface area contributed by atoms with E-state index >= 15 is 0 Å². The minimum Gasteiger partial charge on any atom is -0.481 e. The van der Waals surface area contributed by atoms with E-state index in [1.165, 1.54) is 12.5 Å². The van der Waals surface area contributed by atoms with Crippen LogP contribution in [0.3, 0.4) is 0 Å². The van der Waals surface area contributed by atoms with E-state index in [-0.39, 0.29) is 18.7 Å². The van der Waals surface area contributed by atoms with Crippen LogP contribution in [0, 0.1) is 0 Å². The molecule has 37 heavy (non-hydrogen) atoms. The molecule has 4 atom stereocenters. The van der Waals surface area contributed by atoms with Gasteiger partial charge in [0.25, 0.3) is 0 Å². The van der Waals surface area contributed by atoms with Gasteiger partial charge >= 0.3 is 11.9 Å². The van der Waals surface area contributed by atoms with Crippen LogP contribution in [0.2, 0.25) is 0 Å². The topological polar surface area (TPSA) is 203 Å². The summed E-state index contributed by atoms with van der Waals surface area (Å²) < 4.78 is 0. The maximum atomic E-state index is 13.4. The van der Waals surface area contributed by atoms with Crippen molar-refractivity contribution >= 4 is 29.7 Å². The zero-order chi connectivity index (χ0) is 26.8. The molecule has 2 heterocycles. The van der Waals surface area contributed by atoms with Crippen molar-refractivity contribution in [2.24, 2.45) is 0 Å². The zero-order valence-corrected chi connectivity index (χ0v) is 20.0. The Kier molecular flexibility index (Phi) is 9.72.